The Morgan fingerprint density at radius 3 is 2.71 bits per heavy atom. The zero-order valence-electron chi connectivity index (χ0n) is 9.44. The molecule has 0 aliphatic heterocycles. The molecular formula is C12H13ClN2O2. The largest absolute Gasteiger partial charge is 0.474 e. The van der Waals surface area contributed by atoms with E-state index in [0.29, 0.717) is 29.8 Å². The number of nitrogens with two attached hydrogens (primary N) is 1. The molecule has 0 unspecified atom stereocenters. The Morgan fingerprint density at radius 2 is 2.06 bits per heavy atom. The van der Waals surface area contributed by atoms with E-state index in [1.165, 1.54) is 0 Å². The highest BCUT2D eigenvalue weighted by molar-refractivity contribution is 6.30. The Balaban J connectivity index is 2.27. The van der Waals surface area contributed by atoms with Crippen LogP contribution < -0.4 is 10.5 Å². The fourth-order valence-corrected chi connectivity index (χ4v) is 1.61. The average Bonchev–Trinajstić information content (AvgIpc) is 2.69. The van der Waals surface area contributed by atoms with Crippen molar-refractivity contribution in [1.82, 2.24) is 5.16 Å². The zero-order chi connectivity index (χ0) is 12.3. The standard InChI is InChI=1S/C12H13ClN2O2/c1-8-11(9-2-4-10(13)5-3-9)17-15-12(8)16-7-6-14/h2-5H,6-7,14H2,1H3. The van der Waals surface area contributed by atoms with Crippen LogP contribution in [-0.4, -0.2) is 18.3 Å². The van der Waals surface area contributed by atoms with Crippen molar-refractivity contribution < 1.29 is 9.26 Å². The summed E-state index contributed by atoms with van der Waals surface area (Å²) in [7, 11) is 0. The second-order valence-electron chi connectivity index (χ2n) is 3.59. The van der Waals surface area contributed by atoms with Crippen LogP contribution in [0.3, 0.4) is 0 Å². The van der Waals surface area contributed by atoms with E-state index in [1.807, 2.05) is 19.1 Å². The molecule has 1 aromatic carbocycles. The third-order valence-electron chi connectivity index (χ3n) is 2.34. The minimum atomic E-state index is 0.424. The molecule has 2 N–H and O–H groups in total. The Morgan fingerprint density at radius 1 is 1.35 bits per heavy atom. The van der Waals surface area contributed by atoms with Gasteiger partial charge in [-0.3, -0.25) is 0 Å². The van der Waals surface area contributed by atoms with Gasteiger partial charge >= 0.3 is 0 Å². The SMILES string of the molecule is Cc1c(OCCN)noc1-c1ccc(Cl)cc1. The normalized spacial score (nSPS) is 10.5. The Hall–Kier alpha value is -1.52. The second-order valence-corrected chi connectivity index (χ2v) is 4.02. The van der Waals surface area contributed by atoms with Gasteiger partial charge in [-0.25, -0.2) is 0 Å². The van der Waals surface area contributed by atoms with Gasteiger partial charge < -0.3 is 15.0 Å². The van der Waals surface area contributed by atoms with E-state index in [4.69, 9.17) is 26.6 Å². The molecular weight excluding hydrogens is 240 g/mol. The van der Waals surface area contributed by atoms with E-state index in [0.717, 1.165) is 11.1 Å². The maximum Gasteiger partial charge on any atom is 0.257 e. The third kappa shape index (κ3) is 2.60. The van der Waals surface area contributed by atoms with Gasteiger partial charge in [0.25, 0.3) is 5.88 Å². The number of nitrogens with zero attached hydrogens (tertiary/aromatic N) is 1. The van der Waals surface area contributed by atoms with Crippen LogP contribution in [0, 0.1) is 6.92 Å². The van der Waals surface area contributed by atoms with Crippen LogP contribution in [-0.2, 0) is 0 Å². The predicted octanol–water partition coefficient (Wildman–Crippen LogP) is 2.64. The molecule has 90 valence electrons. The lowest BCUT2D eigenvalue weighted by molar-refractivity contribution is 0.287. The molecule has 0 radical (unpaired) electrons. The van der Waals surface area contributed by atoms with Gasteiger partial charge in [0.1, 0.15) is 6.61 Å². The lowest BCUT2D eigenvalue weighted by Crippen LogP contribution is -2.11. The summed E-state index contributed by atoms with van der Waals surface area (Å²) < 4.78 is 10.6. The number of ether oxygens (including phenoxy) is 1. The average molecular weight is 253 g/mol. The van der Waals surface area contributed by atoms with Gasteiger partial charge in [0, 0.05) is 17.1 Å². The molecule has 0 amide bonds. The minimum absolute atomic E-state index is 0.424. The zero-order valence-corrected chi connectivity index (χ0v) is 10.2. The van der Waals surface area contributed by atoms with Crippen molar-refractivity contribution in [3.63, 3.8) is 0 Å². The molecule has 0 saturated heterocycles. The van der Waals surface area contributed by atoms with Crippen LogP contribution in [0.25, 0.3) is 11.3 Å². The quantitative estimate of drug-likeness (QED) is 0.909. The molecule has 5 heteroatoms. The van der Waals surface area contributed by atoms with Crippen molar-refractivity contribution in [3.05, 3.63) is 34.9 Å². The van der Waals surface area contributed by atoms with Gasteiger partial charge in [-0.2, -0.15) is 0 Å². The molecule has 4 nitrogen and oxygen atoms in total. The highest BCUT2D eigenvalue weighted by Gasteiger charge is 2.14. The molecule has 0 saturated carbocycles. The summed E-state index contributed by atoms with van der Waals surface area (Å²) in [5.41, 5.74) is 7.14. The van der Waals surface area contributed by atoms with Crippen LogP contribution in [0.1, 0.15) is 5.56 Å². The van der Waals surface area contributed by atoms with E-state index in [-0.39, 0.29) is 0 Å². The van der Waals surface area contributed by atoms with Gasteiger partial charge in [-0.1, -0.05) is 11.6 Å². The first-order chi connectivity index (χ1) is 8.22. The van der Waals surface area contributed by atoms with Crippen LogP contribution in [0.15, 0.2) is 28.8 Å². The summed E-state index contributed by atoms with van der Waals surface area (Å²) in [6.45, 7) is 2.77. The summed E-state index contributed by atoms with van der Waals surface area (Å²) in [5.74, 6) is 1.18. The molecule has 0 aliphatic carbocycles. The molecule has 1 heterocycles. The molecule has 1 aromatic heterocycles. The summed E-state index contributed by atoms with van der Waals surface area (Å²) in [5, 5.41) is 4.55. The van der Waals surface area contributed by atoms with E-state index < -0.39 is 0 Å². The maximum absolute atomic E-state index is 5.83. The first kappa shape index (κ1) is 12.0. The van der Waals surface area contributed by atoms with E-state index in [2.05, 4.69) is 5.16 Å². The second kappa shape index (κ2) is 5.21. The van der Waals surface area contributed by atoms with E-state index in [9.17, 15) is 0 Å². The van der Waals surface area contributed by atoms with Gasteiger partial charge in [-0.15, -0.1) is 0 Å². The molecule has 0 spiro atoms. The maximum atomic E-state index is 5.83. The third-order valence-corrected chi connectivity index (χ3v) is 2.60. The number of hydrogen-bond donors (Lipinski definition) is 1. The first-order valence-corrected chi connectivity index (χ1v) is 5.65. The van der Waals surface area contributed by atoms with Gasteiger partial charge in [0.2, 0.25) is 0 Å². The van der Waals surface area contributed by atoms with Crippen molar-refractivity contribution in [3.8, 4) is 17.2 Å². The van der Waals surface area contributed by atoms with Crippen molar-refractivity contribution in [2.24, 2.45) is 5.73 Å². The summed E-state index contributed by atoms with van der Waals surface area (Å²) >= 11 is 5.83. The molecule has 17 heavy (non-hydrogen) atoms. The van der Waals surface area contributed by atoms with E-state index in [1.54, 1.807) is 12.1 Å². The van der Waals surface area contributed by atoms with E-state index >= 15 is 0 Å². The lowest BCUT2D eigenvalue weighted by atomic mass is 10.1. The number of aromatic nitrogens is 1. The fraction of sp³-hybridized carbons (Fsp3) is 0.250. The Kier molecular flexibility index (Phi) is 3.66. The fourth-order valence-electron chi connectivity index (χ4n) is 1.48. The lowest BCUT2D eigenvalue weighted by Gasteiger charge is -2.00. The number of rotatable bonds is 4. The van der Waals surface area contributed by atoms with Gasteiger partial charge in [0.15, 0.2) is 5.76 Å². The molecule has 0 aliphatic rings. The Labute approximate surface area is 104 Å². The minimum Gasteiger partial charge on any atom is -0.474 e. The van der Waals surface area contributed by atoms with Crippen LogP contribution in [0.5, 0.6) is 5.88 Å². The monoisotopic (exact) mass is 252 g/mol. The summed E-state index contributed by atoms with van der Waals surface area (Å²) in [6, 6.07) is 7.36. The van der Waals surface area contributed by atoms with Crippen molar-refractivity contribution in [2.45, 2.75) is 6.92 Å². The van der Waals surface area contributed by atoms with Crippen molar-refractivity contribution >= 4 is 11.6 Å². The van der Waals surface area contributed by atoms with Crippen LogP contribution in [0.4, 0.5) is 0 Å². The van der Waals surface area contributed by atoms with Gasteiger partial charge in [0.05, 0.1) is 5.56 Å². The predicted molar refractivity (Wildman–Crippen MR) is 66.2 cm³/mol. The number of hydrogen-bond acceptors (Lipinski definition) is 4. The number of halogens is 1. The van der Waals surface area contributed by atoms with Crippen LogP contribution in [0.2, 0.25) is 5.02 Å². The topological polar surface area (TPSA) is 61.3 Å². The summed E-state index contributed by atoms with van der Waals surface area (Å²) in [4.78, 5) is 0. The van der Waals surface area contributed by atoms with Crippen molar-refractivity contribution in [1.29, 1.82) is 0 Å². The molecule has 2 rings (SSSR count). The summed E-state index contributed by atoms with van der Waals surface area (Å²) in [6.07, 6.45) is 0. The molecule has 0 fully saturated rings. The van der Waals surface area contributed by atoms with Crippen molar-refractivity contribution in [2.75, 3.05) is 13.2 Å². The number of benzene rings is 1. The molecule has 0 bridgehead atoms. The smallest absolute Gasteiger partial charge is 0.257 e. The Bertz CT molecular complexity index is 494. The first-order valence-electron chi connectivity index (χ1n) is 5.27. The molecule has 2 aromatic rings. The highest BCUT2D eigenvalue weighted by Crippen LogP contribution is 2.30. The highest BCUT2D eigenvalue weighted by atomic mass is 35.5. The molecule has 0 atom stereocenters. The van der Waals surface area contributed by atoms with Gasteiger partial charge in [-0.05, 0) is 36.3 Å². The van der Waals surface area contributed by atoms with Crippen LogP contribution >= 0.6 is 11.6 Å².